The van der Waals surface area contributed by atoms with Gasteiger partial charge in [0.1, 0.15) is 5.41 Å². The van der Waals surface area contributed by atoms with Gasteiger partial charge in [0.15, 0.2) is 0 Å². The molecular weight excluding hydrogens is 354 g/mol. The van der Waals surface area contributed by atoms with Crippen LogP contribution in [0.25, 0.3) is 0 Å². The van der Waals surface area contributed by atoms with Crippen molar-refractivity contribution >= 4 is 23.5 Å². The molecule has 0 N–H and O–H groups in total. The SMILES string of the molecule is CCN(C(=O)C1(C(=O)N2CCN(c3ncccn3)CC2)CC1)c1ccccc1. The second kappa shape index (κ2) is 7.58. The lowest BCUT2D eigenvalue weighted by molar-refractivity contribution is -0.143. The van der Waals surface area contributed by atoms with E-state index in [1.165, 1.54) is 0 Å². The van der Waals surface area contributed by atoms with Crippen molar-refractivity contribution < 1.29 is 9.59 Å². The Morgan fingerprint density at radius 1 is 1.00 bits per heavy atom. The maximum atomic E-state index is 13.3. The number of hydrogen-bond acceptors (Lipinski definition) is 5. The predicted molar refractivity (Wildman–Crippen MR) is 107 cm³/mol. The molecule has 0 bridgehead atoms. The van der Waals surface area contributed by atoms with Crippen molar-refractivity contribution in [3.8, 4) is 0 Å². The second-order valence-electron chi connectivity index (χ2n) is 7.30. The van der Waals surface area contributed by atoms with Gasteiger partial charge in [-0.05, 0) is 38.0 Å². The van der Waals surface area contributed by atoms with Crippen molar-refractivity contribution in [1.29, 1.82) is 0 Å². The molecule has 1 aliphatic carbocycles. The first-order valence-corrected chi connectivity index (χ1v) is 9.84. The van der Waals surface area contributed by atoms with Crippen LogP contribution in [0.1, 0.15) is 19.8 Å². The number of piperazine rings is 1. The van der Waals surface area contributed by atoms with Gasteiger partial charge in [-0.15, -0.1) is 0 Å². The van der Waals surface area contributed by atoms with Gasteiger partial charge in [-0.3, -0.25) is 9.59 Å². The first-order chi connectivity index (χ1) is 13.7. The number of carbonyl (C=O) groups excluding carboxylic acids is 2. The van der Waals surface area contributed by atoms with Crippen LogP contribution >= 0.6 is 0 Å². The Labute approximate surface area is 165 Å². The Morgan fingerprint density at radius 3 is 2.21 bits per heavy atom. The minimum atomic E-state index is -0.878. The van der Waals surface area contributed by atoms with Crippen LogP contribution in [0.4, 0.5) is 11.6 Å². The molecule has 0 atom stereocenters. The zero-order valence-electron chi connectivity index (χ0n) is 16.1. The third kappa shape index (κ3) is 3.32. The fourth-order valence-corrected chi connectivity index (χ4v) is 3.82. The van der Waals surface area contributed by atoms with Crippen LogP contribution in [0.3, 0.4) is 0 Å². The monoisotopic (exact) mass is 379 g/mol. The van der Waals surface area contributed by atoms with E-state index in [1.807, 2.05) is 42.2 Å². The summed E-state index contributed by atoms with van der Waals surface area (Å²) in [5.41, 5.74) is -0.0304. The highest BCUT2D eigenvalue weighted by Gasteiger charge is 2.59. The second-order valence-corrected chi connectivity index (χ2v) is 7.30. The molecule has 146 valence electrons. The molecule has 2 amide bonds. The minimum absolute atomic E-state index is 0.0273. The molecule has 0 unspecified atom stereocenters. The zero-order valence-corrected chi connectivity index (χ0v) is 16.1. The molecule has 7 nitrogen and oxygen atoms in total. The number of rotatable bonds is 5. The predicted octanol–water partition coefficient (Wildman–Crippen LogP) is 1.96. The van der Waals surface area contributed by atoms with Gasteiger partial charge < -0.3 is 14.7 Å². The molecule has 1 saturated carbocycles. The van der Waals surface area contributed by atoms with E-state index in [0.717, 1.165) is 5.69 Å². The van der Waals surface area contributed by atoms with Crippen molar-refractivity contribution in [1.82, 2.24) is 14.9 Å². The summed E-state index contributed by atoms with van der Waals surface area (Å²) in [7, 11) is 0. The van der Waals surface area contributed by atoms with E-state index in [1.54, 1.807) is 23.4 Å². The molecule has 4 rings (SSSR count). The summed E-state index contributed by atoms with van der Waals surface area (Å²) >= 11 is 0. The van der Waals surface area contributed by atoms with E-state index in [4.69, 9.17) is 0 Å². The number of amides is 2. The highest BCUT2D eigenvalue weighted by atomic mass is 16.2. The van der Waals surface area contributed by atoms with Gasteiger partial charge in [0.05, 0.1) is 0 Å². The van der Waals surface area contributed by atoms with Crippen molar-refractivity contribution in [3.63, 3.8) is 0 Å². The number of anilines is 2. The zero-order chi connectivity index (χ0) is 19.6. The van der Waals surface area contributed by atoms with Crippen molar-refractivity contribution in [3.05, 3.63) is 48.8 Å². The highest BCUT2D eigenvalue weighted by molar-refractivity contribution is 6.14. The van der Waals surface area contributed by atoms with Crippen molar-refractivity contribution in [2.75, 3.05) is 42.5 Å². The van der Waals surface area contributed by atoms with Crippen molar-refractivity contribution in [2.24, 2.45) is 5.41 Å². The first-order valence-electron chi connectivity index (χ1n) is 9.84. The Bertz CT molecular complexity index is 830. The van der Waals surface area contributed by atoms with Crippen LogP contribution in [0.2, 0.25) is 0 Å². The minimum Gasteiger partial charge on any atom is -0.338 e. The van der Waals surface area contributed by atoms with E-state index < -0.39 is 5.41 Å². The van der Waals surface area contributed by atoms with Crippen LogP contribution < -0.4 is 9.80 Å². The lowest BCUT2D eigenvalue weighted by Crippen LogP contribution is -2.54. The Hall–Kier alpha value is -2.96. The smallest absolute Gasteiger partial charge is 0.242 e. The fourth-order valence-electron chi connectivity index (χ4n) is 3.82. The van der Waals surface area contributed by atoms with Gasteiger partial charge in [0.2, 0.25) is 17.8 Å². The lowest BCUT2D eigenvalue weighted by atomic mass is 10.0. The molecule has 1 aromatic carbocycles. The third-order valence-corrected chi connectivity index (χ3v) is 5.60. The molecule has 28 heavy (non-hydrogen) atoms. The van der Waals surface area contributed by atoms with Crippen LogP contribution in [0.15, 0.2) is 48.8 Å². The lowest BCUT2D eigenvalue weighted by Gasteiger charge is -2.37. The molecular formula is C21H25N5O2. The van der Waals surface area contributed by atoms with E-state index >= 15 is 0 Å². The normalized spacial score (nSPS) is 17.9. The maximum absolute atomic E-state index is 13.3. The van der Waals surface area contributed by atoms with Gasteiger partial charge in [-0.2, -0.15) is 0 Å². The molecule has 2 aromatic rings. The summed E-state index contributed by atoms with van der Waals surface area (Å²) in [5.74, 6) is 0.591. The number of aromatic nitrogens is 2. The number of nitrogens with zero attached hydrogens (tertiary/aromatic N) is 5. The van der Waals surface area contributed by atoms with Crippen LogP contribution in [0.5, 0.6) is 0 Å². The van der Waals surface area contributed by atoms with Gasteiger partial charge in [0, 0.05) is 50.8 Å². The standard InChI is InChI=1S/C21H25N5O2/c1-2-26(17-7-4-3-5-8-17)19(28)21(9-10-21)18(27)24-13-15-25(16-14-24)20-22-11-6-12-23-20/h3-8,11-12H,2,9-10,13-16H2,1H3. The molecule has 0 spiro atoms. The Morgan fingerprint density at radius 2 is 1.64 bits per heavy atom. The largest absolute Gasteiger partial charge is 0.338 e. The molecule has 1 aliphatic heterocycles. The summed E-state index contributed by atoms with van der Waals surface area (Å²) in [6.45, 7) is 5.03. The summed E-state index contributed by atoms with van der Waals surface area (Å²) < 4.78 is 0. The summed E-state index contributed by atoms with van der Waals surface area (Å²) in [5, 5.41) is 0. The fraction of sp³-hybridized carbons (Fsp3) is 0.429. The average molecular weight is 379 g/mol. The summed E-state index contributed by atoms with van der Waals surface area (Å²) in [4.78, 5) is 40.7. The van der Waals surface area contributed by atoms with Gasteiger partial charge in [-0.1, -0.05) is 18.2 Å². The van der Waals surface area contributed by atoms with Crippen molar-refractivity contribution in [2.45, 2.75) is 19.8 Å². The molecule has 7 heteroatoms. The Balaban J connectivity index is 1.44. The molecule has 2 heterocycles. The van der Waals surface area contributed by atoms with Crippen LogP contribution in [-0.2, 0) is 9.59 Å². The maximum Gasteiger partial charge on any atom is 0.242 e. The number of para-hydroxylation sites is 1. The van der Waals surface area contributed by atoms with E-state index in [9.17, 15) is 9.59 Å². The highest BCUT2D eigenvalue weighted by Crippen LogP contribution is 2.49. The molecule has 1 saturated heterocycles. The van der Waals surface area contributed by atoms with Crippen LogP contribution in [-0.4, -0.2) is 59.4 Å². The molecule has 2 fully saturated rings. The third-order valence-electron chi connectivity index (χ3n) is 5.60. The van der Waals surface area contributed by atoms with Gasteiger partial charge in [-0.25, -0.2) is 9.97 Å². The topological polar surface area (TPSA) is 69.6 Å². The van der Waals surface area contributed by atoms with E-state index in [0.29, 0.717) is 51.5 Å². The summed E-state index contributed by atoms with van der Waals surface area (Å²) in [6.07, 6.45) is 4.72. The van der Waals surface area contributed by atoms with Gasteiger partial charge >= 0.3 is 0 Å². The van der Waals surface area contributed by atoms with Gasteiger partial charge in [0.25, 0.3) is 0 Å². The number of carbonyl (C=O) groups is 2. The molecule has 2 aliphatic rings. The van der Waals surface area contributed by atoms with E-state index in [-0.39, 0.29) is 11.8 Å². The molecule has 1 aromatic heterocycles. The van der Waals surface area contributed by atoms with E-state index in [2.05, 4.69) is 14.9 Å². The molecule has 0 radical (unpaired) electrons. The number of benzene rings is 1. The quantitative estimate of drug-likeness (QED) is 0.743. The Kier molecular flexibility index (Phi) is 4.98. The summed E-state index contributed by atoms with van der Waals surface area (Å²) in [6, 6.07) is 11.4. The number of hydrogen-bond donors (Lipinski definition) is 0. The van der Waals surface area contributed by atoms with Crippen LogP contribution in [0, 0.1) is 5.41 Å². The average Bonchev–Trinajstić information content (AvgIpc) is 3.57. The first kappa shape index (κ1) is 18.4.